The fraction of sp³-hybridized carbons (Fsp3) is 0.364. The molecule has 0 bridgehead atoms. The highest BCUT2D eigenvalue weighted by molar-refractivity contribution is 7.89. The van der Waals surface area contributed by atoms with Crippen molar-refractivity contribution in [1.29, 1.82) is 0 Å². The van der Waals surface area contributed by atoms with E-state index in [0.717, 1.165) is 0 Å². The first-order valence-electron chi connectivity index (χ1n) is 5.73. The maximum atomic E-state index is 12.2. The average Bonchev–Trinajstić information content (AvgIpc) is 2.26. The molecule has 0 fully saturated rings. The average molecular weight is 340 g/mol. The van der Waals surface area contributed by atoms with Crippen LogP contribution in [-0.2, 0) is 14.8 Å². The molecule has 1 amide bonds. The lowest BCUT2D eigenvalue weighted by atomic mass is 10.3. The topological polar surface area (TPSA) is 101 Å². The largest absolute Gasteiger partial charge is 0.399 e. The molecular weight excluding hydrogens is 325 g/mol. The lowest BCUT2D eigenvalue weighted by molar-refractivity contribution is -0.122. The highest BCUT2D eigenvalue weighted by atomic mass is 35.5. The van der Waals surface area contributed by atoms with E-state index in [9.17, 15) is 13.2 Å². The van der Waals surface area contributed by atoms with Gasteiger partial charge in [0, 0.05) is 12.2 Å². The summed E-state index contributed by atoms with van der Waals surface area (Å²) >= 11 is 11.7. The number of halogens is 2. The summed E-state index contributed by atoms with van der Waals surface area (Å²) in [5.74, 6) is -0.446. The summed E-state index contributed by atoms with van der Waals surface area (Å²) < 4.78 is 26.6. The summed E-state index contributed by atoms with van der Waals surface area (Å²) in [6, 6.07) is 1.60. The molecule has 0 radical (unpaired) electrons. The summed E-state index contributed by atoms with van der Waals surface area (Å²) in [7, 11) is -4.03. The second-order valence-electron chi connectivity index (χ2n) is 4.05. The number of rotatable bonds is 5. The van der Waals surface area contributed by atoms with Crippen LogP contribution in [0.3, 0.4) is 0 Å². The SMILES string of the molecule is CCNC(=O)C(C)NS(=O)(=O)c1c(Cl)cc(N)cc1Cl. The maximum Gasteiger partial charge on any atom is 0.244 e. The van der Waals surface area contributed by atoms with E-state index in [1.165, 1.54) is 19.1 Å². The molecule has 0 heterocycles. The van der Waals surface area contributed by atoms with Gasteiger partial charge in [0.1, 0.15) is 4.90 Å². The third kappa shape index (κ3) is 3.99. The van der Waals surface area contributed by atoms with Crippen LogP contribution in [0, 0.1) is 0 Å². The number of sulfonamides is 1. The van der Waals surface area contributed by atoms with E-state index in [4.69, 9.17) is 28.9 Å². The van der Waals surface area contributed by atoms with E-state index in [-0.39, 0.29) is 20.6 Å². The van der Waals surface area contributed by atoms with Crippen LogP contribution in [0.25, 0.3) is 0 Å². The van der Waals surface area contributed by atoms with Crippen LogP contribution >= 0.6 is 23.2 Å². The van der Waals surface area contributed by atoms with E-state index in [0.29, 0.717) is 6.54 Å². The van der Waals surface area contributed by atoms with Gasteiger partial charge in [-0.05, 0) is 26.0 Å². The number of nitrogen functional groups attached to an aromatic ring is 1. The standard InChI is InChI=1S/C11H15Cl2N3O3S/c1-3-15-11(17)6(2)16-20(18,19)10-8(12)4-7(14)5-9(10)13/h4-6,16H,3,14H2,1-2H3,(H,15,17). The molecule has 9 heteroatoms. The van der Waals surface area contributed by atoms with Gasteiger partial charge in [-0.3, -0.25) is 4.79 Å². The fourth-order valence-corrected chi connectivity index (χ4v) is 3.94. The Bertz CT molecular complexity index is 596. The normalized spacial score (nSPS) is 13.0. The summed E-state index contributed by atoms with van der Waals surface area (Å²) in [5, 5.41) is 2.29. The Balaban J connectivity index is 3.10. The molecule has 112 valence electrons. The number of carbonyl (C=O) groups is 1. The second kappa shape index (κ2) is 6.62. The lowest BCUT2D eigenvalue weighted by Crippen LogP contribution is -2.44. The molecule has 0 aliphatic heterocycles. The molecule has 0 aliphatic carbocycles. The Morgan fingerprint density at radius 3 is 2.30 bits per heavy atom. The predicted molar refractivity (Wildman–Crippen MR) is 79.3 cm³/mol. The van der Waals surface area contributed by atoms with E-state index in [1.807, 2.05) is 0 Å². The van der Waals surface area contributed by atoms with Crippen LogP contribution < -0.4 is 15.8 Å². The van der Waals surface area contributed by atoms with Crippen molar-refractivity contribution in [2.24, 2.45) is 0 Å². The molecule has 20 heavy (non-hydrogen) atoms. The zero-order valence-electron chi connectivity index (χ0n) is 10.9. The molecule has 1 aromatic rings. The minimum atomic E-state index is -4.03. The maximum absolute atomic E-state index is 12.2. The van der Waals surface area contributed by atoms with Gasteiger partial charge in [-0.2, -0.15) is 4.72 Å². The third-order valence-electron chi connectivity index (χ3n) is 2.37. The van der Waals surface area contributed by atoms with Crippen LogP contribution in [-0.4, -0.2) is 26.9 Å². The van der Waals surface area contributed by atoms with Gasteiger partial charge in [-0.25, -0.2) is 8.42 Å². The Morgan fingerprint density at radius 2 is 1.85 bits per heavy atom. The van der Waals surface area contributed by atoms with Crippen LogP contribution in [0.4, 0.5) is 5.69 Å². The molecule has 1 aromatic carbocycles. The van der Waals surface area contributed by atoms with Gasteiger partial charge in [0.05, 0.1) is 16.1 Å². The molecule has 6 nitrogen and oxygen atoms in total. The Morgan fingerprint density at radius 1 is 1.35 bits per heavy atom. The van der Waals surface area contributed by atoms with Crippen LogP contribution in [0.1, 0.15) is 13.8 Å². The van der Waals surface area contributed by atoms with E-state index < -0.39 is 22.0 Å². The third-order valence-corrected chi connectivity index (χ3v) is 4.83. The van der Waals surface area contributed by atoms with Gasteiger partial charge in [-0.15, -0.1) is 0 Å². The first-order valence-corrected chi connectivity index (χ1v) is 7.97. The fourth-order valence-electron chi connectivity index (χ4n) is 1.51. The molecular formula is C11H15Cl2N3O3S. The van der Waals surface area contributed by atoms with E-state index >= 15 is 0 Å². The molecule has 0 aromatic heterocycles. The number of nitrogens with two attached hydrogens (primary N) is 1. The number of amides is 1. The summed E-state index contributed by atoms with van der Waals surface area (Å²) in [5.41, 5.74) is 5.76. The van der Waals surface area contributed by atoms with Crippen molar-refractivity contribution in [2.45, 2.75) is 24.8 Å². The van der Waals surface area contributed by atoms with Gasteiger partial charge in [0.15, 0.2) is 0 Å². The molecule has 0 aliphatic rings. The van der Waals surface area contributed by atoms with Crippen molar-refractivity contribution in [2.75, 3.05) is 12.3 Å². The monoisotopic (exact) mass is 339 g/mol. The van der Waals surface area contributed by atoms with Crippen molar-refractivity contribution < 1.29 is 13.2 Å². The highest BCUT2D eigenvalue weighted by Gasteiger charge is 2.26. The summed E-state index contributed by atoms with van der Waals surface area (Å²) in [6.45, 7) is 3.54. The van der Waals surface area contributed by atoms with Crippen LogP contribution in [0.2, 0.25) is 10.0 Å². The Kier molecular flexibility index (Phi) is 5.64. The first-order chi connectivity index (χ1) is 9.19. The minimum absolute atomic E-state index is 0.106. The van der Waals surface area contributed by atoms with Gasteiger partial charge < -0.3 is 11.1 Å². The molecule has 0 spiro atoms. The number of nitrogens with one attached hydrogen (secondary N) is 2. The molecule has 0 saturated heterocycles. The van der Waals surface area contributed by atoms with Crippen molar-refractivity contribution in [3.8, 4) is 0 Å². The molecule has 1 rings (SSSR count). The lowest BCUT2D eigenvalue weighted by Gasteiger charge is -2.15. The number of hydrogen-bond acceptors (Lipinski definition) is 4. The predicted octanol–water partition coefficient (Wildman–Crippen LogP) is 1.38. The molecule has 0 saturated carbocycles. The van der Waals surface area contributed by atoms with Crippen molar-refractivity contribution in [1.82, 2.24) is 10.0 Å². The van der Waals surface area contributed by atoms with Crippen molar-refractivity contribution in [3.63, 3.8) is 0 Å². The smallest absolute Gasteiger partial charge is 0.244 e. The van der Waals surface area contributed by atoms with Crippen LogP contribution in [0.15, 0.2) is 17.0 Å². The zero-order valence-corrected chi connectivity index (χ0v) is 13.2. The van der Waals surface area contributed by atoms with Gasteiger partial charge in [0.25, 0.3) is 0 Å². The molecule has 4 N–H and O–H groups in total. The van der Waals surface area contributed by atoms with E-state index in [1.54, 1.807) is 6.92 Å². The molecule has 1 unspecified atom stereocenters. The van der Waals surface area contributed by atoms with Gasteiger partial charge in [-0.1, -0.05) is 23.2 Å². The van der Waals surface area contributed by atoms with Crippen molar-refractivity contribution >= 4 is 44.8 Å². The highest BCUT2D eigenvalue weighted by Crippen LogP contribution is 2.31. The van der Waals surface area contributed by atoms with Gasteiger partial charge in [0.2, 0.25) is 15.9 Å². The molecule has 1 atom stereocenters. The summed E-state index contributed by atoms with van der Waals surface area (Å²) in [6.07, 6.45) is 0. The minimum Gasteiger partial charge on any atom is -0.399 e. The number of likely N-dealkylation sites (N-methyl/N-ethyl adjacent to an activating group) is 1. The number of hydrogen-bond donors (Lipinski definition) is 3. The van der Waals surface area contributed by atoms with Crippen LogP contribution in [0.5, 0.6) is 0 Å². The van der Waals surface area contributed by atoms with Crippen molar-refractivity contribution in [3.05, 3.63) is 22.2 Å². The number of carbonyl (C=O) groups excluding carboxylic acids is 1. The number of benzene rings is 1. The summed E-state index contributed by atoms with van der Waals surface area (Å²) in [4.78, 5) is 11.3. The Hall–Kier alpha value is -1.02. The zero-order chi connectivity index (χ0) is 15.5. The second-order valence-corrected chi connectivity index (χ2v) is 6.52. The first kappa shape index (κ1) is 17.0. The van der Waals surface area contributed by atoms with E-state index in [2.05, 4.69) is 10.0 Å². The van der Waals surface area contributed by atoms with Gasteiger partial charge >= 0.3 is 0 Å². The quantitative estimate of drug-likeness (QED) is 0.705. The Labute approximate surface area is 127 Å². The number of anilines is 1.